The van der Waals surface area contributed by atoms with Gasteiger partial charge in [-0.15, -0.1) is 0 Å². The van der Waals surface area contributed by atoms with E-state index in [0.29, 0.717) is 36.1 Å². The first-order valence-electron chi connectivity index (χ1n) is 11.4. The molecule has 1 aliphatic rings. The number of carbonyl (C=O) groups is 1. The predicted molar refractivity (Wildman–Crippen MR) is 133 cm³/mol. The fourth-order valence-electron chi connectivity index (χ4n) is 3.79. The van der Waals surface area contributed by atoms with Crippen molar-refractivity contribution in [2.45, 2.75) is 24.2 Å². The number of nitrogens with zero attached hydrogens (tertiary/aromatic N) is 1. The zero-order valence-electron chi connectivity index (χ0n) is 19.5. The summed E-state index contributed by atoms with van der Waals surface area (Å²) in [6.07, 6.45) is 2.68. The van der Waals surface area contributed by atoms with Crippen molar-refractivity contribution < 1.29 is 27.4 Å². The average Bonchev–Trinajstić information content (AvgIpc) is 2.89. The van der Waals surface area contributed by atoms with Crippen molar-refractivity contribution in [1.82, 2.24) is 4.31 Å². The zero-order valence-corrected chi connectivity index (χ0v) is 20.3. The highest BCUT2D eigenvalue weighted by Crippen LogP contribution is 2.33. The number of amides is 1. The van der Waals surface area contributed by atoms with E-state index in [1.165, 1.54) is 23.5 Å². The number of benzene rings is 3. The van der Waals surface area contributed by atoms with E-state index in [-0.39, 0.29) is 17.2 Å². The van der Waals surface area contributed by atoms with Crippen molar-refractivity contribution in [2.75, 3.05) is 32.1 Å². The van der Waals surface area contributed by atoms with Gasteiger partial charge >= 0.3 is 0 Å². The second-order valence-electron chi connectivity index (χ2n) is 8.03. The van der Waals surface area contributed by atoms with E-state index in [9.17, 15) is 13.2 Å². The van der Waals surface area contributed by atoms with E-state index in [1.807, 2.05) is 18.2 Å². The van der Waals surface area contributed by atoms with Crippen LogP contribution in [-0.4, -0.2) is 45.4 Å². The van der Waals surface area contributed by atoms with Gasteiger partial charge in [-0.3, -0.25) is 4.79 Å². The Hall–Kier alpha value is -3.56. The molecular formula is C26H28N2O6S. The largest absolute Gasteiger partial charge is 0.493 e. The summed E-state index contributed by atoms with van der Waals surface area (Å²) in [5.41, 5.74) is 0.237. The van der Waals surface area contributed by atoms with Crippen molar-refractivity contribution >= 4 is 21.6 Å². The molecule has 1 amide bonds. The van der Waals surface area contributed by atoms with Crippen LogP contribution >= 0.6 is 0 Å². The van der Waals surface area contributed by atoms with Crippen LogP contribution in [0.3, 0.4) is 0 Å². The van der Waals surface area contributed by atoms with Crippen molar-refractivity contribution in [1.29, 1.82) is 0 Å². The summed E-state index contributed by atoms with van der Waals surface area (Å²) < 4.78 is 44.7. The third-order valence-corrected chi connectivity index (χ3v) is 7.47. The van der Waals surface area contributed by atoms with Crippen LogP contribution in [-0.2, 0) is 14.8 Å². The summed E-state index contributed by atoms with van der Waals surface area (Å²) in [6.45, 7) is 0.673. The highest BCUT2D eigenvalue weighted by Gasteiger charge is 2.27. The molecule has 0 saturated carbocycles. The molecule has 0 spiro atoms. The maximum absolute atomic E-state index is 13.2. The molecule has 1 heterocycles. The Kier molecular flexibility index (Phi) is 7.89. The van der Waals surface area contributed by atoms with E-state index in [0.717, 1.165) is 19.3 Å². The van der Waals surface area contributed by atoms with Crippen molar-refractivity contribution in [2.24, 2.45) is 0 Å². The second kappa shape index (κ2) is 11.2. The standard InChI is InChI=1S/C26H28N2O6S/c1-32-24-12-6-7-13-25(24)33-19-26(29)27-22-18-21(35(30,31)28-16-8-3-9-17-28)14-15-23(22)34-20-10-4-2-5-11-20/h2,4-7,10-15,18H,3,8-9,16-17,19H2,1H3,(H,27,29). The summed E-state index contributed by atoms with van der Waals surface area (Å²) in [7, 11) is -2.18. The van der Waals surface area contributed by atoms with Gasteiger partial charge in [0.05, 0.1) is 17.7 Å². The molecule has 184 valence electrons. The van der Waals surface area contributed by atoms with Gasteiger partial charge in [-0.25, -0.2) is 8.42 Å². The third-order valence-electron chi connectivity index (χ3n) is 5.58. The average molecular weight is 497 g/mol. The third kappa shape index (κ3) is 6.12. The molecule has 0 bridgehead atoms. The van der Waals surface area contributed by atoms with Crippen LogP contribution in [0.15, 0.2) is 77.7 Å². The van der Waals surface area contributed by atoms with Gasteiger partial charge in [-0.2, -0.15) is 4.31 Å². The number of hydrogen-bond donors (Lipinski definition) is 1. The number of rotatable bonds is 9. The lowest BCUT2D eigenvalue weighted by Gasteiger charge is -2.26. The Morgan fingerprint density at radius 3 is 2.29 bits per heavy atom. The molecule has 1 saturated heterocycles. The van der Waals surface area contributed by atoms with Gasteiger partial charge in [-0.1, -0.05) is 36.8 Å². The molecule has 1 aliphatic heterocycles. The monoisotopic (exact) mass is 496 g/mol. The van der Waals surface area contributed by atoms with E-state index >= 15 is 0 Å². The first-order valence-corrected chi connectivity index (χ1v) is 12.8. The fraction of sp³-hybridized carbons (Fsp3) is 0.269. The molecule has 0 aliphatic carbocycles. The van der Waals surface area contributed by atoms with Gasteiger partial charge in [0, 0.05) is 13.1 Å². The van der Waals surface area contributed by atoms with Crippen LogP contribution in [0.25, 0.3) is 0 Å². The van der Waals surface area contributed by atoms with E-state index in [4.69, 9.17) is 14.2 Å². The van der Waals surface area contributed by atoms with Crippen LogP contribution in [0.1, 0.15) is 19.3 Å². The maximum Gasteiger partial charge on any atom is 0.262 e. The number of hydrogen-bond acceptors (Lipinski definition) is 6. The normalized spacial score (nSPS) is 14.2. The molecule has 4 rings (SSSR count). The number of para-hydroxylation sites is 3. The highest BCUT2D eigenvalue weighted by molar-refractivity contribution is 7.89. The lowest BCUT2D eigenvalue weighted by Crippen LogP contribution is -2.35. The number of carbonyl (C=O) groups excluding carboxylic acids is 1. The van der Waals surface area contributed by atoms with Crippen LogP contribution in [0, 0.1) is 0 Å². The van der Waals surface area contributed by atoms with Gasteiger partial charge in [0.25, 0.3) is 5.91 Å². The minimum absolute atomic E-state index is 0.0979. The quantitative estimate of drug-likeness (QED) is 0.462. The minimum Gasteiger partial charge on any atom is -0.493 e. The number of anilines is 1. The molecule has 3 aromatic carbocycles. The molecule has 9 heteroatoms. The summed E-state index contributed by atoms with van der Waals surface area (Å²) in [4.78, 5) is 12.9. The molecule has 35 heavy (non-hydrogen) atoms. The van der Waals surface area contributed by atoms with Crippen LogP contribution in [0.5, 0.6) is 23.0 Å². The molecule has 0 aromatic heterocycles. The summed E-state index contributed by atoms with van der Waals surface area (Å²) >= 11 is 0. The van der Waals surface area contributed by atoms with E-state index in [2.05, 4.69) is 5.32 Å². The fourth-order valence-corrected chi connectivity index (χ4v) is 5.34. The van der Waals surface area contributed by atoms with E-state index < -0.39 is 15.9 Å². The molecule has 1 fully saturated rings. The smallest absolute Gasteiger partial charge is 0.262 e. The molecule has 0 atom stereocenters. The molecule has 8 nitrogen and oxygen atoms in total. The van der Waals surface area contributed by atoms with Gasteiger partial charge in [-0.05, 0) is 55.3 Å². The van der Waals surface area contributed by atoms with Crippen molar-refractivity contribution in [3.63, 3.8) is 0 Å². The molecule has 1 N–H and O–H groups in total. The van der Waals surface area contributed by atoms with Crippen LogP contribution in [0.2, 0.25) is 0 Å². The number of sulfonamides is 1. The lowest BCUT2D eigenvalue weighted by molar-refractivity contribution is -0.118. The SMILES string of the molecule is COc1ccccc1OCC(=O)Nc1cc(S(=O)(=O)N2CCCCC2)ccc1Oc1ccccc1. The number of ether oxygens (including phenoxy) is 3. The summed E-state index contributed by atoms with van der Waals surface area (Å²) in [5.74, 6) is 1.33. The molecule has 3 aromatic rings. The molecular weight excluding hydrogens is 468 g/mol. The number of methoxy groups -OCH3 is 1. The van der Waals surface area contributed by atoms with Crippen LogP contribution < -0.4 is 19.5 Å². The Bertz CT molecular complexity index is 1260. The summed E-state index contributed by atoms with van der Waals surface area (Å²) in [5, 5.41) is 2.74. The first-order chi connectivity index (χ1) is 17.0. The Morgan fingerprint density at radius 1 is 0.886 bits per heavy atom. The Morgan fingerprint density at radius 2 is 1.57 bits per heavy atom. The molecule has 0 radical (unpaired) electrons. The molecule has 0 unspecified atom stereocenters. The number of nitrogens with one attached hydrogen (secondary N) is 1. The van der Waals surface area contributed by atoms with Crippen molar-refractivity contribution in [3.05, 3.63) is 72.8 Å². The maximum atomic E-state index is 13.2. The Balaban J connectivity index is 1.57. The lowest BCUT2D eigenvalue weighted by atomic mass is 10.2. The summed E-state index contributed by atoms with van der Waals surface area (Å²) in [6, 6.07) is 20.5. The van der Waals surface area contributed by atoms with E-state index in [1.54, 1.807) is 42.5 Å². The highest BCUT2D eigenvalue weighted by atomic mass is 32.2. The van der Waals surface area contributed by atoms with Gasteiger partial charge in [0.1, 0.15) is 5.75 Å². The zero-order chi connectivity index (χ0) is 24.7. The van der Waals surface area contributed by atoms with Gasteiger partial charge < -0.3 is 19.5 Å². The topological polar surface area (TPSA) is 94.2 Å². The van der Waals surface area contributed by atoms with Gasteiger partial charge in [0.15, 0.2) is 23.9 Å². The number of piperidine rings is 1. The second-order valence-corrected chi connectivity index (χ2v) is 9.96. The Labute approximate surface area is 205 Å². The van der Waals surface area contributed by atoms with Crippen LogP contribution in [0.4, 0.5) is 5.69 Å². The first kappa shape index (κ1) is 24.6. The predicted octanol–water partition coefficient (Wildman–Crippen LogP) is 4.68. The minimum atomic E-state index is -3.70. The van der Waals surface area contributed by atoms with Gasteiger partial charge in [0.2, 0.25) is 10.0 Å². The van der Waals surface area contributed by atoms with Crippen molar-refractivity contribution in [3.8, 4) is 23.0 Å².